The summed E-state index contributed by atoms with van der Waals surface area (Å²) < 4.78 is 25.9. The molecule has 15 heavy (non-hydrogen) atoms. The lowest BCUT2D eigenvalue weighted by Crippen LogP contribution is -2.26. The van der Waals surface area contributed by atoms with E-state index >= 15 is 0 Å². The van der Waals surface area contributed by atoms with Crippen LogP contribution in [0.3, 0.4) is 0 Å². The standard InChI is InChI=1S/C9H12N2O2S2/c1-2-11-15(12,13)8-6-4-3-5-7(8)9(10)14/h3-6,11H,2H2,1H3,(H2,10,14). The molecule has 0 atom stereocenters. The van der Waals surface area contributed by atoms with Crippen molar-refractivity contribution in [2.75, 3.05) is 6.54 Å². The van der Waals surface area contributed by atoms with E-state index in [1.165, 1.54) is 6.07 Å². The summed E-state index contributed by atoms with van der Waals surface area (Å²) in [4.78, 5) is 0.200. The van der Waals surface area contributed by atoms with Crippen LogP contribution >= 0.6 is 12.2 Å². The molecular weight excluding hydrogens is 232 g/mol. The molecule has 0 heterocycles. The van der Waals surface area contributed by atoms with E-state index in [0.29, 0.717) is 12.1 Å². The Balaban J connectivity index is 3.31. The van der Waals surface area contributed by atoms with Gasteiger partial charge < -0.3 is 5.73 Å². The second-order valence-corrected chi connectivity index (χ2v) is 5.04. The normalized spacial score (nSPS) is 11.3. The first kappa shape index (κ1) is 12.1. The highest BCUT2D eigenvalue weighted by atomic mass is 32.2. The fraction of sp³-hybridized carbons (Fsp3) is 0.222. The summed E-state index contributed by atoms with van der Waals surface area (Å²) in [5.41, 5.74) is 5.82. The van der Waals surface area contributed by atoms with Gasteiger partial charge in [0.05, 0.1) is 4.90 Å². The van der Waals surface area contributed by atoms with Crippen molar-refractivity contribution >= 4 is 27.2 Å². The highest BCUT2D eigenvalue weighted by Crippen LogP contribution is 2.14. The maximum atomic E-state index is 11.7. The molecule has 0 amide bonds. The van der Waals surface area contributed by atoms with E-state index in [4.69, 9.17) is 18.0 Å². The van der Waals surface area contributed by atoms with Gasteiger partial charge >= 0.3 is 0 Å². The number of thiocarbonyl (C=S) groups is 1. The lowest BCUT2D eigenvalue weighted by Gasteiger charge is -2.08. The summed E-state index contributed by atoms with van der Waals surface area (Å²) >= 11 is 4.79. The van der Waals surface area contributed by atoms with E-state index in [1.54, 1.807) is 25.1 Å². The molecule has 0 unspecified atom stereocenters. The van der Waals surface area contributed by atoms with E-state index in [0.717, 1.165) is 0 Å². The topological polar surface area (TPSA) is 72.2 Å². The van der Waals surface area contributed by atoms with Gasteiger partial charge in [-0.1, -0.05) is 37.3 Å². The number of benzene rings is 1. The number of rotatable bonds is 4. The minimum Gasteiger partial charge on any atom is -0.389 e. The fourth-order valence-electron chi connectivity index (χ4n) is 1.17. The summed E-state index contributed by atoms with van der Waals surface area (Å²) in [5, 5.41) is 0. The van der Waals surface area contributed by atoms with Crippen molar-refractivity contribution in [3.8, 4) is 0 Å². The molecule has 82 valence electrons. The van der Waals surface area contributed by atoms with Crippen molar-refractivity contribution in [2.45, 2.75) is 11.8 Å². The quantitative estimate of drug-likeness (QED) is 0.762. The molecule has 0 aromatic heterocycles. The van der Waals surface area contributed by atoms with E-state index in [9.17, 15) is 8.42 Å². The second kappa shape index (κ2) is 4.69. The van der Waals surface area contributed by atoms with Gasteiger partial charge in [-0.15, -0.1) is 0 Å². The second-order valence-electron chi connectivity index (χ2n) is 2.86. The van der Waals surface area contributed by atoms with Crippen LogP contribution in [0.25, 0.3) is 0 Å². The maximum Gasteiger partial charge on any atom is 0.241 e. The highest BCUT2D eigenvalue weighted by molar-refractivity contribution is 7.89. The molecule has 1 aromatic carbocycles. The molecule has 3 N–H and O–H groups in total. The smallest absolute Gasteiger partial charge is 0.241 e. The number of nitrogens with one attached hydrogen (secondary N) is 1. The maximum absolute atomic E-state index is 11.7. The predicted octanol–water partition coefficient (Wildman–Crippen LogP) is 0.619. The van der Waals surface area contributed by atoms with Crippen LogP contribution in [0.2, 0.25) is 0 Å². The molecule has 0 radical (unpaired) electrons. The van der Waals surface area contributed by atoms with E-state index in [2.05, 4.69) is 4.72 Å². The minimum absolute atomic E-state index is 0.0760. The Kier molecular flexibility index (Phi) is 3.78. The minimum atomic E-state index is -3.50. The molecule has 0 saturated heterocycles. The van der Waals surface area contributed by atoms with Gasteiger partial charge in [-0.25, -0.2) is 13.1 Å². The first-order valence-electron chi connectivity index (χ1n) is 4.37. The first-order valence-corrected chi connectivity index (χ1v) is 6.26. The predicted molar refractivity (Wildman–Crippen MR) is 63.2 cm³/mol. The zero-order chi connectivity index (χ0) is 11.5. The number of hydrogen-bond acceptors (Lipinski definition) is 3. The van der Waals surface area contributed by atoms with Crippen LogP contribution in [0.5, 0.6) is 0 Å². The Morgan fingerprint density at radius 3 is 2.60 bits per heavy atom. The average molecular weight is 244 g/mol. The molecule has 0 aliphatic heterocycles. The molecular formula is C9H12N2O2S2. The van der Waals surface area contributed by atoms with Crippen molar-refractivity contribution in [1.82, 2.24) is 4.72 Å². The monoisotopic (exact) mass is 244 g/mol. The third-order valence-corrected chi connectivity index (χ3v) is 3.60. The third kappa shape index (κ3) is 2.74. The van der Waals surface area contributed by atoms with E-state index in [1.807, 2.05) is 0 Å². The van der Waals surface area contributed by atoms with Gasteiger partial charge in [-0.05, 0) is 6.07 Å². The number of nitrogens with two attached hydrogens (primary N) is 1. The summed E-state index contributed by atoms with van der Waals surface area (Å²) in [5.74, 6) is 0. The van der Waals surface area contributed by atoms with Crippen molar-refractivity contribution in [3.63, 3.8) is 0 Å². The summed E-state index contributed by atoms with van der Waals surface area (Å²) in [6, 6.07) is 6.39. The molecule has 6 heteroatoms. The zero-order valence-electron chi connectivity index (χ0n) is 8.23. The summed E-state index contributed by atoms with van der Waals surface area (Å²) in [6.45, 7) is 2.04. The Labute approximate surface area is 94.5 Å². The van der Waals surface area contributed by atoms with Crippen LogP contribution in [-0.4, -0.2) is 20.0 Å². The van der Waals surface area contributed by atoms with Crippen LogP contribution in [0.1, 0.15) is 12.5 Å². The van der Waals surface area contributed by atoms with Gasteiger partial charge in [0.25, 0.3) is 0 Å². The van der Waals surface area contributed by atoms with Gasteiger partial charge in [-0.2, -0.15) is 0 Å². The number of sulfonamides is 1. The first-order chi connectivity index (χ1) is 6.99. The fourth-order valence-corrected chi connectivity index (χ4v) is 2.68. The molecule has 1 aromatic rings. The molecule has 0 spiro atoms. The third-order valence-electron chi connectivity index (χ3n) is 1.78. The molecule has 0 bridgehead atoms. The van der Waals surface area contributed by atoms with Crippen molar-refractivity contribution in [2.24, 2.45) is 5.73 Å². The largest absolute Gasteiger partial charge is 0.389 e. The van der Waals surface area contributed by atoms with Gasteiger partial charge in [0, 0.05) is 12.1 Å². The molecule has 4 nitrogen and oxygen atoms in total. The van der Waals surface area contributed by atoms with Crippen molar-refractivity contribution < 1.29 is 8.42 Å². The number of hydrogen-bond donors (Lipinski definition) is 2. The molecule has 0 saturated carbocycles. The average Bonchev–Trinajstić information content (AvgIpc) is 2.17. The van der Waals surface area contributed by atoms with Crippen LogP contribution in [0, 0.1) is 0 Å². The Hall–Kier alpha value is -0.980. The van der Waals surface area contributed by atoms with E-state index < -0.39 is 10.0 Å². The van der Waals surface area contributed by atoms with Gasteiger partial charge in [0.15, 0.2) is 0 Å². The Morgan fingerprint density at radius 2 is 2.07 bits per heavy atom. The van der Waals surface area contributed by atoms with Gasteiger partial charge in [0.2, 0.25) is 10.0 Å². The van der Waals surface area contributed by atoms with Crippen LogP contribution < -0.4 is 10.5 Å². The van der Waals surface area contributed by atoms with Crippen molar-refractivity contribution in [3.05, 3.63) is 29.8 Å². The molecule has 0 aliphatic carbocycles. The van der Waals surface area contributed by atoms with Gasteiger partial charge in [-0.3, -0.25) is 0 Å². The van der Waals surface area contributed by atoms with Crippen LogP contribution in [0.15, 0.2) is 29.2 Å². The van der Waals surface area contributed by atoms with Crippen LogP contribution in [-0.2, 0) is 10.0 Å². The van der Waals surface area contributed by atoms with Gasteiger partial charge in [0.1, 0.15) is 4.99 Å². The SMILES string of the molecule is CCNS(=O)(=O)c1ccccc1C(N)=S. The Bertz CT molecular complexity index is 469. The summed E-state index contributed by atoms with van der Waals surface area (Å²) in [6.07, 6.45) is 0. The zero-order valence-corrected chi connectivity index (χ0v) is 9.86. The molecule has 0 aliphatic rings. The highest BCUT2D eigenvalue weighted by Gasteiger charge is 2.17. The molecule has 0 fully saturated rings. The van der Waals surface area contributed by atoms with Crippen molar-refractivity contribution in [1.29, 1.82) is 0 Å². The van der Waals surface area contributed by atoms with Crippen LogP contribution in [0.4, 0.5) is 0 Å². The van der Waals surface area contributed by atoms with E-state index in [-0.39, 0.29) is 9.88 Å². The Morgan fingerprint density at radius 1 is 1.47 bits per heavy atom. The molecule has 1 rings (SSSR count). The lowest BCUT2D eigenvalue weighted by molar-refractivity contribution is 0.584. The summed E-state index contributed by atoms with van der Waals surface area (Å²) in [7, 11) is -3.50. The lowest BCUT2D eigenvalue weighted by atomic mass is 10.2.